The van der Waals surface area contributed by atoms with Crippen LogP contribution in [0.1, 0.15) is 64.7 Å². The maximum Gasteiger partial charge on any atom is 0.0832 e. The van der Waals surface area contributed by atoms with Crippen LogP contribution in [-0.4, -0.2) is 73.0 Å². The average Bonchev–Trinajstić information content (AvgIpc) is 3.17. The first-order valence-corrected chi connectivity index (χ1v) is 12.9. The Morgan fingerprint density at radius 2 is 1.72 bits per heavy atom. The SMILES string of the molecule is CC1C(NC2CC(Cl)C3CCNC3C2)NCCC1N1CC(OC2CCCCC2)C1. The molecule has 2 saturated carbocycles. The highest BCUT2D eigenvalue weighted by Gasteiger charge is 2.43. The van der Waals surface area contributed by atoms with Crippen LogP contribution >= 0.6 is 11.6 Å². The van der Waals surface area contributed by atoms with Crippen molar-refractivity contribution in [3.63, 3.8) is 0 Å². The Morgan fingerprint density at radius 1 is 0.931 bits per heavy atom. The van der Waals surface area contributed by atoms with Gasteiger partial charge in [0.2, 0.25) is 0 Å². The number of hydrogen-bond acceptors (Lipinski definition) is 5. The number of ether oxygens (including phenoxy) is 1. The predicted octanol–water partition coefficient (Wildman–Crippen LogP) is 2.68. The zero-order valence-corrected chi connectivity index (χ0v) is 18.9. The van der Waals surface area contributed by atoms with Gasteiger partial charge in [-0.1, -0.05) is 26.2 Å². The third-order valence-electron chi connectivity index (χ3n) is 8.55. The molecule has 29 heavy (non-hydrogen) atoms. The van der Waals surface area contributed by atoms with Crippen LogP contribution in [0.25, 0.3) is 0 Å². The van der Waals surface area contributed by atoms with Crippen molar-refractivity contribution in [3.8, 4) is 0 Å². The fraction of sp³-hybridized carbons (Fsp3) is 1.00. The summed E-state index contributed by atoms with van der Waals surface area (Å²) in [6.07, 6.45) is 13.0. The monoisotopic (exact) mass is 424 g/mol. The Kier molecular flexibility index (Phi) is 6.72. The lowest BCUT2D eigenvalue weighted by Crippen LogP contribution is -2.66. The van der Waals surface area contributed by atoms with E-state index in [1.807, 2.05) is 0 Å². The van der Waals surface area contributed by atoms with E-state index >= 15 is 0 Å². The van der Waals surface area contributed by atoms with E-state index in [-0.39, 0.29) is 0 Å². The molecule has 7 atom stereocenters. The van der Waals surface area contributed by atoms with E-state index in [1.165, 1.54) is 51.4 Å². The van der Waals surface area contributed by atoms with E-state index in [9.17, 15) is 0 Å². The molecule has 0 aromatic heterocycles. The minimum Gasteiger partial charge on any atom is -0.372 e. The molecule has 5 aliphatic rings. The number of fused-ring (bicyclic) bond motifs is 1. The molecule has 7 unspecified atom stereocenters. The standard InChI is InChI=1S/C23H41ClN4O/c1-15-22(28-13-18(14-28)29-17-5-3-2-4-6-17)8-10-26-23(15)27-16-11-20(24)19-7-9-25-21(19)12-16/h15-23,25-27H,2-14H2,1H3. The predicted molar refractivity (Wildman–Crippen MR) is 118 cm³/mol. The van der Waals surface area contributed by atoms with Gasteiger partial charge in [0.25, 0.3) is 0 Å². The lowest BCUT2D eigenvalue weighted by molar-refractivity contribution is -0.124. The molecule has 0 radical (unpaired) electrons. The van der Waals surface area contributed by atoms with E-state index in [4.69, 9.17) is 16.3 Å². The Hall–Kier alpha value is 0.0900. The minimum absolute atomic E-state index is 0.323. The van der Waals surface area contributed by atoms with Crippen LogP contribution < -0.4 is 16.0 Å². The van der Waals surface area contributed by atoms with Crippen molar-refractivity contribution in [3.05, 3.63) is 0 Å². The molecule has 0 spiro atoms. The summed E-state index contributed by atoms with van der Waals surface area (Å²) >= 11 is 6.75. The van der Waals surface area contributed by atoms with Gasteiger partial charge in [-0.25, -0.2) is 0 Å². The fourth-order valence-electron chi connectivity index (χ4n) is 6.80. The van der Waals surface area contributed by atoms with E-state index in [2.05, 4.69) is 27.8 Å². The first kappa shape index (κ1) is 21.0. The normalized spacial score (nSPS) is 45.1. The van der Waals surface area contributed by atoms with Crippen molar-refractivity contribution in [1.29, 1.82) is 0 Å². The fourth-order valence-corrected chi connectivity index (χ4v) is 7.32. The van der Waals surface area contributed by atoms with Crippen LogP contribution in [0.2, 0.25) is 0 Å². The highest BCUT2D eigenvalue weighted by Crippen LogP contribution is 2.35. The van der Waals surface area contributed by atoms with E-state index < -0.39 is 0 Å². The van der Waals surface area contributed by atoms with Gasteiger partial charge in [-0.15, -0.1) is 11.6 Å². The summed E-state index contributed by atoms with van der Waals surface area (Å²) < 4.78 is 6.39. The lowest BCUT2D eigenvalue weighted by atomic mass is 9.81. The summed E-state index contributed by atoms with van der Waals surface area (Å²) in [5.41, 5.74) is 0. The molecule has 3 heterocycles. The van der Waals surface area contributed by atoms with Gasteiger partial charge in [-0.05, 0) is 57.5 Å². The molecule has 0 aromatic rings. The second-order valence-electron chi connectivity index (χ2n) is 10.5. The first-order valence-electron chi connectivity index (χ1n) is 12.4. The van der Waals surface area contributed by atoms with Crippen LogP contribution in [0.15, 0.2) is 0 Å². The number of halogens is 1. The summed E-state index contributed by atoms with van der Waals surface area (Å²) in [5.74, 6) is 1.30. The second kappa shape index (κ2) is 9.30. The average molecular weight is 425 g/mol. The number of hydrogen-bond donors (Lipinski definition) is 3. The van der Waals surface area contributed by atoms with Crippen LogP contribution in [-0.2, 0) is 4.74 Å². The number of alkyl halides is 1. The molecule has 0 aromatic carbocycles. The third-order valence-corrected chi connectivity index (χ3v) is 9.05. The molecule has 3 N–H and O–H groups in total. The quantitative estimate of drug-likeness (QED) is 0.592. The zero-order chi connectivity index (χ0) is 19.8. The Labute approximate surface area is 182 Å². The summed E-state index contributed by atoms with van der Waals surface area (Å²) in [6, 6.07) is 1.82. The summed E-state index contributed by atoms with van der Waals surface area (Å²) in [5, 5.41) is 11.7. The smallest absolute Gasteiger partial charge is 0.0832 e. The molecule has 3 saturated heterocycles. The van der Waals surface area contributed by atoms with Gasteiger partial charge in [-0.2, -0.15) is 0 Å². The van der Waals surface area contributed by atoms with Crippen molar-refractivity contribution in [2.45, 2.75) is 107 Å². The van der Waals surface area contributed by atoms with Crippen LogP contribution in [0.4, 0.5) is 0 Å². The number of rotatable bonds is 5. The highest BCUT2D eigenvalue weighted by molar-refractivity contribution is 6.21. The topological polar surface area (TPSA) is 48.6 Å². The molecule has 2 aliphatic carbocycles. The zero-order valence-electron chi connectivity index (χ0n) is 18.1. The summed E-state index contributed by atoms with van der Waals surface area (Å²) in [6.45, 7) is 6.96. The van der Waals surface area contributed by atoms with Gasteiger partial charge < -0.3 is 15.4 Å². The van der Waals surface area contributed by atoms with Gasteiger partial charge in [-0.3, -0.25) is 10.2 Å². The van der Waals surface area contributed by atoms with Gasteiger partial charge in [0.15, 0.2) is 0 Å². The van der Waals surface area contributed by atoms with Crippen LogP contribution in [0.5, 0.6) is 0 Å². The largest absolute Gasteiger partial charge is 0.372 e. The molecule has 5 rings (SSSR count). The van der Waals surface area contributed by atoms with Gasteiger partial charge in [0, 0.05) is 42.5 Å². The molecule has 0 bridgehead atoms. The van der Waals surface area contributed by atoms with E-state index in [1.54, 1.807) is 0 Å². The number of likely N-dealkylation sites (tertiary alicyclic amines) is 1. The number of nitrogens with one attached hydrogen (secondary N) is 3. The Morgan fingerprint density at radius 3 is 2.55 bits per heavy atom. The molecule has 3 aliphatic heterocycles. The third kappa shape index (κ3) is 4.65. The van der Waals surface area contributed by atoms with Gasteiger partial charge in [0.1, 0.15) is 0 Å². The maximum atomic E-state index is 6.75. The lowest BCUT2D eigenvalue weighted by Gasteiger charge is -2.51. The van der Waals surface area contributed by atoms with Crippen LogP contribution in [0.3, 0.4) is 0 Å². The van der Waals surface area contributed by atoms with E-state index in [0.29, 0.717) is 53.7 Å². The molecular weight excluding hydrogens is 384 g/mol. The highest BCUT2D eigenvalue weighted by atomic mass is 35.5. The van der Waals surface area contributed by atoms with Crippen molar-refractivity contribution in [2.75, 3.05) is 26.2 Å². The molecule has 5 fully saturated rings. The first-order chi connectivity index (χ1) is 14.2. The van der Waals surface area contributed by atoms with E-state index in [0.717, 1.165) is 32.6 Å². The van der Waals surface area contributed by atoms with Crippen molar-refractivity contribution < 1.29 is 4.74 Å². The molecule has 5 nitrogen and oxygen atoms in total. The van der Waals surface area contributed by atoms with Crippen molar-refractivity contribution in [2.24, 2.45) is 11.8 Å². The molecule has 166 valence electrons. The second-order valence-corrected chi connectivity index (χ2v) is 11.0. The summed E-state index contributed by atoms with van der Waals surface area (Å²) in [4.78, 5) is 2.69. The van der Waals surface area contributed by atoms with Crippen molar-refractivity contribution in [1.82, 2.24) is 20.9 Å². The minimum atomic E-state index is 0.323. The molecule has 6 heteroatoms. The number of piperidine rings is 1. The molecule has 0 amide bonds. The van der Waals surface area contributed by atoms with Crippen LogP contribution in [0, 0.1) is 11.8 Å². The van der Waals surface area contributed by atoms with Gasteiger partial charge in [0.05, 0.1) is 18.4 Å². The molecular formula is C23H41ClN4O. The Balaban J connectivity index is 1.10. The van der Waals surface area contributed by atoms with Crippen molar-refractivity contribution >= 4 is 11.6 Å². The Bertz CT molecular complexity index is 539. The maximum absolute atomic E-state index is 6.75. The number of nitrogens with zero attached hydrogens (tertiary/aromatic N) is 1. The summed E-state index contributed by atoms with van der Waals surface area (Å²) in [7, 11) is 0. The van der Waals surface area contributed by atoms with Gasteiger partial charge >= 0.3 is 0 Å².